The fraction of sp³-hybridized carbons (Fsp3) is 0.727. The Morgan fingerprint density at radius 1 is 1.19 bits per heavy atom. The van der Waals surface area contributed by atoms with E-state index in [0.29, 0.717) is 24.2 Å². The molecule has 2 fully saturated rings. The summed E-state index contributed by atoms with van der Waals surface area (Å²) in [5, 5.41) is 12.0. The lowest BCUT2D eigenvalue weighted by Crippen LogP contribution is -2.53. The van der Waals surface area contributed by atoms with E-state index >= 15 is 0 Å². The monoisotopic (exact) mass is 378 g/mol. The second kappa shape index (κ2) is 6.60. The van der Waals surface area contributed by atoms with Crippen LogP contribution in [0, 0.1) is 28.6 Å². The summed E-state index contributed by atoms with van der Waals surface area (Å²) in [4.78, 5) is 19.9. The Morgan fingerprint density at radius 2 is 1.85 bits per heavy atom. The molecule has 0 aromatic heterocycles. The van der Waals surface area contributed by atoms with E-state index in [0.717, 1.165) is 49.1 Å². The predicted octanol–water partition coefficient (Wildman–Crippen LogP) is 4.82. The van der Waals surface area contributed by atoms with Crippen molar-refractivity contribution in [1.82, 2.24) is 0 Å². The first-order valence-electron chi connectivity index (χ1n) is 9.89. The zero-order valence-corrected chi connectivity index (χ0v) is 16.9. The zero-order chi connectivity index (χ0) is 19.3. The molecular formula is C22H31ClO3. The second-order valence-corrected chi connectivity index (χ2v) is 9.53. The molecule has 2 saturated carbocycles. The molecule has 1 N–H and O–H groups in total. The molecule has 3 unspecified atom stereocenters. The summed E-state index contributed by atoms with van der Waals surface area (Å²) in [6.45, 7) is 8.75. The van der Waals surface area contributed by atoms with Gasteiger partial charge in [-0.15, -0.1) is 0 Å². The highest BCUT2D eigenvalue weighted by Crippen LogP contribution is 2.67. The van der Waals surface area contributed by atoms with Crippen LogP contribution < -0.4 is 0 Å². The van der Waals surface area contributed by atoms with Crippen molar-refractivity contribution in [3.8, 4) is 0 Å². The van der Waals surface area contributed by atoms with E-state index < -0.39 is 5.60 Å². The number of hydrogen-bond donors (Lipinski definition) is 1. The first-order valence-corrected chi connectivity index (χ1v) is 10.3. The van der Waals surface area contributed by atoms with Gasteiger partial charge in [0.15, 0.2) is 5.78 Å². The Bertz CT molecular complexity index is 668. The van der Waals surface area contributed by atoms with Crippen LogP contribution >= 0.6 is 11.6 Å². The lowest BCUT2D eigenvalue weighted by atomic mass is 9.48. The third-order valence-electron chi connectivity index (χ3n) is 8.46. The van der Waals surface area contributed by atoms with Gasteiger partial charge in [0.25, 0.3) is 0 Å². The topological polar surface area (TPSA) is 54.4 Å². The quantitative estimate of drug-likeness (QED) is 0.711. The van der Waals surface area contributed by atoms with Gasteiger partial charge in [-0.05, 0) is 78.8 Å². The van der Waals surface area contributed by atoms with E-state index in [-0.39, 0.29) is 16.6 Å². The highest BCUT2D eigenvalue weighted by Gasteiger charge is 2.63. The molecule has 4 aliphatic rings. The molecule has 0 radical (unpaired) electrons. The molecule has 144 valence electrons. The Labute approximate surface area is 161 Å². The fourth-order valence-electron chi connectivity index (χ4n) is 6.76. The number of fused-ring (bicyclic) bond motifs is 5. The maximum atomic E-state index is 11.9. The van der Waals surface area contributed by atoms with Crippen LogP contribution in [0.2, 0.25) is 0 Å². The second-order valence-electron chi connectivity index (χ2n) is 9.13. The normalized spacial score (nSPS) is 46.8. The van der Waals surface area contributed by atoms with Gasteiger partial charge in [0.1, 0.15) is 6.79 Å². The lowest BCUT2D eigenvalue weighted by Gasteiger charge is -2.57. The smallest absolute Gasteiger partial charge is 0.156 e. The molecule has 0 amide bonds. The minimum absolute atomic E-state index is 0.00134. The highest BCUT2D eigenvalue weighted by atomic mass is 35.5. The van der Waals surface area contributed by atoms with Gasteiger partial charge in [-0.1, -0.05) is 38.4 Å². The first kappa shape index (κ1) is 19.8. The van der Waals surface area contributed by atoms with Crippen molar-refractivity contribution < 1.29 is 14.7 Å². The van der Waals surface area contributed by atoms with Gasteiger partial charge < -0.3 is 9.90 Å². The SMILES string of the molecule is C=O.CC[C@@]1(O)CCC2C3C=C(Cl)C4=CC(=O)CC[C@]4(C)C3CC[C@@]21C. The number of carbonyl (C=O) groups excluding carboxylic acids is 2. The number of aliphatic hydroxyl groups is 1. The Kier molecular flexibility index (Phi) is 5.03. The van der Waals surface area contributed by atoms with E-state index in [1.165, 1.54) is 0 Å². The summed E-state index contributed by atoms with van der Waals surface area (Å²) in [7, 11) is 0. The van der Waals surface area contributed by atoms with Crippen LogP contribution in [0.4, 0.5) is 0 Å². The first-order chi connectivity index (χ1) is 12.2. The Balaban J connectivity index is 0.000000948. The maximum absolute atomic E-state index is 11.9. The highest BCUT2D eigenvalue weighted by molar-refractivity contribution is 6.32. The van der Waals surface area contributed by atoms with Crippen molar-refractivity contribution in [2.75, 3.05) is 0 Å². The van der Waals surface area contributed by atoms with Crippen LogP contribution in [0.1, 0.15) is 65.7 Å². The van der Waals surface area contributed by atoms with E-state index in [2.05, 4.69) is 26.8 Å². The molecule has 3 nitrogen and oxygen atoms in total. The van der Waals surface area contributed by atoms with Gasteiger partial charge in [0.05, 0.1) is 5.60 Å². The predicted molar refractivity (Wildman–Crippen MR) is 104 cm³/mol. The number of hydrogen-bond acceptors (Lipinski definition) is 3. The lowest BCUT2D eigenvalue weighted by molar-refractivity contribution is -0.120. The van der Waals surface area contributed by atoms with Crippen LogP contribution in [0.5, 0.6) is 0 Å². The molecule has 0 bridgehead atoms. The summed E-state index contributed by atoms with van der Waals surface area (Å²) in [5.41, 5.74) is 0.578. The summed E-state index contributed by atoms with van der Waals surface area (Å²) >= 11 is 6.68. The third-order valence-corrected chi connectivity index (χ3v) is 8.79. The van der Waals surface area contributed by atoms with Gasteiger partial charge in [-0.25, -0.2) is 0 Å². The van der Waals surface area contributed by atoms with Crippen molar-refractivity contribution in [1.29, 1.82) is 0 Å². The maximum Gasteiger partial charge on any atom is 0.156 e. The van der Waals surface area contributed by atoms with Gasteiger partial charge in [-0.3, -0.25) is 4.79 Å². The van der Waals surface area contributed by atoms with Crippen molar-refractivity contribution >= 4 is 24.2 Å². The minimum Gasteiger partial charge on any atom is -0.389 e. The average molecular weight is 379 g/mol. The van der Waals surface area contributed by atoms with Crippen molar-refractivity contribution in [2.45, 2.75) is 71.3 Å². The molecule has 6 atom stereocenters. The molecule has 4 rings (SSSR count). The molecule has 0 aromatic carbocycles. The summed E-state index contributed by atoms with van der Waals surface area (Å²) in [6.07, 6.45) is 10.7. The van der Waals surface area contributed by atoms with Gasteiger partial charge in [-0.2, -0.15) is 0 Å². The van der Waals surface area contributed by atoms with E-state index in [9.17, 15) is 9.90 Å². The molecule has 0 heterocycles. The average Bonchev–Trinajstić information content (AvgIpc) is 2.91. The number of carbonyl (C=O) groups is 2. The number of allylic oxidation sites excluding steroid dienone is 4. The van der Waals surface area contributed by atoms with Gasteiger partial charge in [0.2, 0.25) is 0 Å². The molecular weight excluding hydrogens is 348 g/mol. The minimum atomic E-state index is -0.525. The van der Waals surface area contributed by atoms with E-state index in [1.807, 2.05) is 12.9 Å². The fourth-order valence-corrected chi connectivity index (χ4v) is 7.18. The largest absolute Gasteiger partial charge is 0.389 e. The van der Waals surface area contributed by atoms with Crippen LogP contribution in [0.15, 0.2) is 22.8 Å². The third kappa shape index (κ3) is 2.50. The van der Waals surface area contributed by atoms with Crippen LogP contribution in [0.25, 0.3) is 0 Å². The number of rotatable bonds is 1. The number of halogens is 1. The van der Waals surface area contributed by atoms with E-state index in [1.54, 1.807) is 0 Å². The Hall–Kier alpha value is -0.930. The van der Waals surface area contributed by atoms with Crippen molar-refractivity contribution in [2.24, 2.45) is 28.6 Å². The van der Waals surface area contributed by atoms with Gasteiger partial charge >= 0.3 is 0 Å². The van der Waals surface area contributed by atoms with Crippen LogP contribution in [-0.2, 0) is 9.59 Å². The Morgan fingerprint density at radius 3 is 2.50 bits per heavy atom. The molecule has 4 heteroatoms. The molecule has 0 spiro atoms. The molecule has 0 saturated heterocycles. The van der Waals surface area contributed by atoms with Crippen molar-refractivity contribution in [3.63, 3.8) is 0 Å². The van der Waals surface area contributed by atoms with Gasteiger partial charge in [0, 0.05) is 11.5 Å². The number of ketones is 1. The molecule has 4 aliphatic carbocycles. The molecule has 0 aliphatic heterocycles. The summed E-state index contributed by atoms with van der Waals surface area (Å²) in [6, 6.07) is 0. The van der Waals surface area contributed by atoms with E-state index in [4.69, 9.17) is 16.4 Å². The molecule has 0 aromatic rings. The standard InChI is InChI=1S/C21H29ClO2.CH2O/c1-4-21(24)10-7-16-14-12-18(22)17-11-13(23)5-8-19(17,2)15(14)6-9-20(16,21)3;1-2/h11-12,14-16,24H,4-10H2,1-3H3;1H2/t14?,15?,16?,19-,20+,21-;/m1./s1. The summed E-state index contributed by atoms with van der Waals surface area (Å²) in [5.74, 6) is 1.71. The summed E-state index contributed by atoms with van der Waals surface area (Å²) < 4.78 is 0. The van der Waals surface area contributed by atoms with Crippen LogP contribution in [0.3, 0.4) is 0 Å². The molecule has 26 heavy (non-hydrogen) atoms. The van der Waals surface area contributed by atoms with Crippen LogP contribution in [-0.4, -0.2) is 23.3 Å². The zero-order valence-electron chi connectivity index (χ0n) is 16.2. The van der Waals surface area contributed by atoms with Crippen molar-refractivity contribution in [3.05, 3.63) is 22.8 Å².